The van der Waals surface area contributed by atoms with Gasteiger partial charge >= 0.3 is 5.97 Å². The van der Waals surface area contributed by atoms with Gasteiger partial charge in [0.1, 0.15) is 11.3 Å². The van der Waals surface area contributed by atoms with Crippen LogP contribution in [0, 0.1) is 0 Å². The molecule has 1 fully saturated rings. The van der Waals surface area contributed by atoms with Crippen LogP contribution >= 0.6 is 0 Å². The fraction of sp³-hybridized carbons (Fsp3) is 0.357. The quantitative estimate of drug-likeness (QED) is 0.746. The van der Waals surface area contributed by atoms with E-state index in [9.17, 15) is 9.59 Å². The first kappa shape index (κ1) is 13.6. The topological polar surface area (TPSA) is 73.1 Å². The zero-order chi connectivity index (χ0) is 14.8. The number of fused-ring (bicyclic) bond motifs is 1. The van der Waals surface area contributed by atoms with Gasteiger partial charge in [-0.25, -0.2) is 9.78 Å². The summed E-state index contributed by atoms with van der Waals surface area (Å²) in [6, 6.07) is 5.55. The van der Waals surface area contributed by atoms with Crippen molar-refractivity contribution in [3.63, 3.8) is 0 Å². The number of morpholine rings is 1. The SMILES string of the molecule is COC(=O)C1CN(C(=O)c2cn3ccccc3n2)CCO1. The highest BCUT2D eigenvalue weighted by molar-refractivity contribution is 5.93. The molecule has 0 radical (unpaired) electrons. The molecule has 1 saturated heterocycles. The number of hydrogen-bond donors (Lipinski definition) is 0. The van der Waals surface area contributed by atoms with E-state index in [0.29, 0.717) is 24.5 Å². The molecule has 1 atom stereocenters. The number of nitrogens with zero attached hydrogens (tertiary/aromatic N) is 3. The van der Waals surface area contributed by atoms with E-state index in [4.69, 9.17) is 4.74 Å². The zero-order valence-corrected chi connectivity index (χ0v) is 11.6. The summed E-state index contributed by atoms with van der Waals surface area (Å²) in [5.41, 5.74) is 1.06. The molecule has 1 amide bonds. The Bertz CT molecular complexity index is 649. The molecular formula is C14H15N3O4. The molecular weight excluding hydrogens is 274 g/mol. The van der Waals surface area contributed by atoms with Gasteiger partial charge in [-0.2, -0.15) is 0 Å². The van der Waals surface area contributed by atoms with Crippen molar-refractivity contribution in [1.82, 2.24) is 14.3 Å². The minimum atomic E-state index is -0.732. The van der Waals surface area contributed by atoms with Gasteiger partial charge < -0.3 is 18.8 Å². The predicted octanol–water partition coefficient (Wildman–Crippen LogP) is 0.348. The molecule has 3 rings (SSSR count). The first-order valence-electron chi connectivity index (χ1n) is 6.61. The fourth-order valence-corrected chi connectivity index (χ4v) is 2.31. The second kappa shape index (κ2) is 5.53. The summed E-state index contributed by atoms with van der Waals surface area (Å²) < 4.78 is 11.7. The van der Waals surface area contributed by atoms with Crippen LogP contribution in [0.4, 0.5) is 0 Å². The number of rotatable bonds is 2. The smallest absolute Gasteiger partial charge is 0.336 e. The van der Waals surface area contributed by atoms with Gasteiger partial charge in [-0.15, -0.1) is 0 Å². The van der Waals surface area contributed by atoms with Crippen molar-refractivity contribution in [3.05, 3.63) is 36.3 Å². The Balaban J connectivity index is 1.79. The molecule has 1 unspecified atom stereocenters. The van der Waals surface area contributed by atoms with Crippen LogP contribution in [0.15, 0.2) is 30.6 Å². The van der Waals surface area contributed by atoms with Crippen molar-refractivity contribution >= 4 is 17.5 Å². The number of methoxy groups -OCH3 is 1. The Morgan fingerprint density at radius 3 is 3.05 bits per heavy atom. The highest BCUT2D eigenvalue weighted by Gasteiger charge is 2.31. The molecule has 1 aliphatic rings. The van der Waals surface area contributed by atoms with E-state index in [-0.39, 0.29) is 12.5 Å². The van der Waals surface area contributed by atoms with Crippen molar-refractivity contribution in [3.8, 4) is 0 Å². The lowest BCUT2D eigenvalue weighted by molar-refractivity contribution is -0.158. The number of carbonyl (C=O) groups excluding carboxylic acids is 2. The van der Waals surface area contributed by atoms with Gasteiger partial charge in [0.15, 0.2) is 6.10 Å². The molecule has 2 aromatic rings. The minimum absolute atomic E-state index is 0.180. The number of imidazole rings is 1. The lowest BCUT2D eigenvalue weighted by Gasteiger charge is -2.30. The number of ether oxygens (including phenoxy) is 2. The maximum absolute atomic E-state index is 12.5. The minimum Gasteiger partial charge on any atom is -0.467 e. The van der Waals surface area contributed by atoms with Gasteiger partial charge in [-0.1, -0.05) is 6.07 Å². The maximum atomic E-state index is 12.5. The molecule has 21 heavy (non-hydrogen) atoms. The largest absolute Gasteiger partial charge is 0.467 e. The van der Waals surface area contributed by atoms with Gasteiger partial charge in [0, 0.05) is 18.9 Å². The van der Waals surface area contributed by atoms with Crippen molar-refractivity contribution in [2.24, 2.45) is 0 Å². The number of aromatic nitrogens is 2. The Kier molecular flexibility index (Phi) is 3.57. The molecule has 3 heterocycles. The predicted molar refractivity (Wildman–Crippen MR) is 72.9 cm³/mol. The van der Waals surface area contributed by atoms with Crippen LogP contribution in [-0.4, -0.2) is 59.1 Å². The van der Waals surface area contributed by atoms with Gasteiger partial charge in [-0.3, -0.25) is 4.79 Å². The fourth-order valence-electron chi connectivity index (χ4n) is 2.31. The van der Waals surface area contributed by atoms with Gasteiger partial charge in [0.2, 0.25) is 0 Å². The number of amides is 1. The molecule has 1 aliphatic heterocycles. The van der Waals surface area contributed by atoms with Crippen molar-refractivity contribution < 1.29 is 19.1 Å². The molecule has 7 nitrogen and oxygen atoms in total. The first-order chi connectivity index (χ1) is 10.2. The highest BCUT2D eigenvalue weighted by atomic mass is 16.6. The van der Waals surface area contributed by atoms with E-state index in [2.05, 4.69) is 9.72 Å². The Morgan fingerprint density at radius 1 is 1.43 bits per heavy atom. The second-order valence-corrected chi connectivity index (χ2v) is 4.73. The van der Waals surface area contributed by atoms with Crippen LogP contribution in [0.1, 0.15) is 10.5 Å². The molecule has 2 aromatic heterocycles. The van der Waals surface area contributed by atoms with Gasteiger partial charge in [0.05, 0.1) is 20.3 Å². The van der Waals surface area contributed by atoms with Crippen LogP contribution in [0.5, 0.6) is 0 Å². The average Bonchev–Trinajstić information content (AvgIpc) is 2.97. The molecule has 0 aromatic carbocycles. The zero-order valence-electron chi connectivity index (χ0n) is 11.6. The summed E-state index contributed by atoms with van der Waals surface area (Å²) >= 11 is 0. The molecule has 110 valence electrons. The number of hydrogen-bond acceptors (Lipinski definition) is 5. The molecule has 0 saturated carbocycles. The Morgan fingerprint density at radius 2 is 2.29 bits per heavy atom. The van der Waals surface area contributed by atoms with Crippen molar-refractivity contribution in [2.45, 2.75) is 6.10 Å². The van der Waals surface area contributed by atoms with Crippen LogP contribution in [0.25, 0.3) is 5.65 Å². The molecule has 0 bridgehead atoms. The van der Waals surface area contributed by atoms with Gasteiger partial charge in [0.25, 0.3) is 5.91 Å². The normalized spacial score (nSPS) is 18.7. The third kappa shape index (κ3) is 2.59. The van der Waals surface area contributed by atoms with E-state index in [0.717, 1.165) is 0 Å². The van der Waals surface area contributed by atoms with E-state index in [1.165, 1.54) is 7.11 Å². The summed E-state index contributed by atoms with van der Waals surface area (Å²) in [4.78, 5) is 29.8. The van der Waals surface area contributed by atoms with Crippen molar-refractivity contribution in [1.29, 1.82) is 0 Å². The highest BCUT2D eigenvalue weighted by Crippen LogP contribution is 2.12. The summed E-state index contributed by atoms with van der Waals surface area (Å²) in [6.07, 6.45) is 2.78. The number of pyridine rings is 1. The van der Waals surface area contributed by atoms with E-state index in [1.807, 2.05) is 24.4 Å². The summed E-state index contributed by atoms with van der Waals surface area (Å²) in [5, 5.41) is 0. The summed E-state index contributed by atoms with van der Waals surface area (Å²) in [6.45, 7) is 0.915. The van der Waals surface area contributed by atoms with Crippen LogP contribution in [-0.2, 0) is 14.3 Å². The molecule has 0 N–H and O–H groups in total. The standard InChI is InChI=1S/C14H15N3O4/c1-20-14(19)11-9-17(6-7-21-11)13(18)10-8-16-5-3-2-4-12(16)15-10/h2-5,8,11H,6-7,9H2,1H3. The second-order valence-electron chi connectivity index (χ2n) is 4.73. The van der Waals surface area contributed by atoms with E-state index >= 15 is 0 Å². The lowest BCUT2D eigenvalue weighted by atomic mass is 10.2. The molecule has 0 aliphatic carbocycles. The Hall–Kier alpha value is -2.41. The summed E-state index contributed by atoms with van der Waals surface area (Å²) in [5.74, 6) is -0.682. The van der Waals surface area contributed by atoms with E-state index < -0.39 is 12.1 Å². The summed E-state index contributed by atoms with van der Waals surface area (Å²) in [7, 11) is 1.30. The number of carbonyl (C=O) groups is 2. The lowest BCUT2D eigenvalue weighted by Crippen LogP contribution is -2.49. The van der Waals surface area contributed by atoms with Crippen LogP contribution in [0.2, 0.25) is 0 Å². The van der Waals surface area contributed by atoms with Crippen molar-refractivity contribution in [2.75, 3.05) is 26.8 Å². The molecule has 0 spiro atoms. The average molecular weight is 289 g/mol. The third-order valence-electron chi connectivity index (χ3n) is 3.40. The first-order valence-corrected chi connectivity index (χ1v) is 6.61. The molecule has 7 heteroatoms. The van der Waals surface area contributed by atoms with Crippen LogP contribution < -0.4 is 0 Å². The maximum Gasteiger partial charge on any atom is 0.336 e. The van der Waals surface area contributed by atoms with Gasteiger partial charge in [-0.05, 0) is 12.1 Å². The monoisotopic (exact) mass is 289 g/mol. The third-order valence-corrected chi connectivity index (χ3v) is 3.40. The van der Waals surface area contributed by atoms with E-state index in [1.54, 1.807) is 15.5 Å². The Labute approximate surface area is 121 Å². The number of esters is 1. The van der Waals surface area contributed by atoms with Crippen LogP contribution in [0.3, 0.4) is 0 Å².